The summed E-state index contributed by atoms with van der Waals surface area (Å²) in [5.41, 5.74) is 1.25. The smallest absolute Gasteiger partial charge is 0.261 e. The van der Waals surface area contributed by atoms with E-state index >= 15 is 0 Å². The zero-order valence-electron chi connectivity index (χ0n) is 23.0. The summed E-state index contributed by atoms with van der Waals surface area (Å²) in [6.07, 6.45) is 5.15. The number of rotatable bonds is 8. The lowest BCUT2D eigenvalue weighted by atomic mass is 9.75. The summed E-state index contributed by atoms with van der Waals surface area (Å²) in [6.45, 7) is 10.0. The highest BCUT2D eigenvalue weighted by Gasteiger charge is 2.35. The summed E-state index contributed by atoms with van der Waals surface area (Å²) >= 11 is 0. The lowest BCUT2D eigenvalue weighted by Crippen LogP contribution is -2.46. The number of imide groups is 1. The van der Waals surface area contributed by atoms with Gasteiger partial charge in [0.2, 0.25) is 0 Å². The number of aliphatic hydroxyl groups excluding tert-OH is 1. The van der Waals surface area contributed by atoms with Gasteiger partial charge in [-0.1, -0.05) is 51.5 Å². The summed E-state index contributed by atoms with van der Waals surface area (Å²) in [7, 11) is 0. The molecular weight excluding hydrogens is 500 g/mol. The van der Waals surface area contributed by atoms with Crippen molar-refractivity contribution in [3.63, 3.8) is 0 Å². The van der Waals surface area contributed by atoms with Crippen LogP contribution < -0.4 is 0 Å². The van der Waals surface area contributed by atoms with Crippen LogP contribution in [0.4, 0.5) is 0 Å². The van der Waals surface area contributed by atoms with Gasteiger partial charge in [0.15, 0.2) is 0 Å². The van der Waals surface area contributed by atoms with Gasteiger partial charge in [-0.3, -0.25) is 14.5 Å². The quantitative estimate of drug-likeness (QED) is 0.452. The van der Waals surface area contributed by atoms with Crippen molar-refractivity contribution < 1.29 is 19.4 Å². The average Bonchev–Trinajstić information content (AvgIpc) is 2.89. The Hall–Kier alpha value is -1.99. The number of piperidine rings is 1. The Kier molecular flexibility index (Phi) is 9.51. The highest BCUT2D eigenvalue weighted by Crippen LogP contribution is 2.35. The zero-order valence-corrected chi connectivity index (χ0v) is 23.8. The minimum absolute atomic E-state index is 0. The van der Waals surface area contributed by atoms with E-state index in [1.807, 2.05) is 36.4 Å². The molecule has 2 aliphatic heterocycles. The molecule has 2 aromatic rings. The lowest BCUT2D eigenvalue weighted by molar-refractivity contribution is -0.0750. The first kappa shape index (κ1) is 29.0. The molecule has 38 heavy (non-hydrogen) atoms. The van der Waals surface area contributed by atoms with Crippen LogP contribution in [0.2, 0.25) is 0 Å². The number of likely N-dealkylation sites (tertiary alicyclic amines) is 1. The third-order valence-electron chi connectivity index (χ3n) is 8.94. The number of ether oxygens (including phenoxy) is 1. The Morgan fingerprint density at radius 3 is 2.21 bits per heavy atom. The standard InChI is InChI=1S/C31H42N2O4.ClH/c1-20(2)25-11-10-21(3)16-28(25)37-19-24(34)18-32-14-12-22(13-15-32)17-33-30(35)26-8-4-6-23-7-5-9-27(29(23)26)31(33)36;/h4-9,20-22,24-25,28,34H,10-19H2,1-3H3;1H. The summed E-state index contributed by atoms with van der Waals surface area (Å²) in [6, 6.07) is 11.3. The minimum Gasteiger partial charge on any atom is -0.389 e. The van der Waals surface area contributed by atoms with E-state index in [-0.39, 0.29) is 36.2 Å². The molecule has 6 nitrogen and oxygen atoms in total. The lowest BCUT2D eigenvalue weighted by Gasteiger charge is -2.38. The maximum Gasteiger partial charge on any atom is 0.261 e. The van der Waals surface area contributed by atoms with E-state index in [0.717, 1.165) is 43.1 Å². The Morgan fingerprint density at radius 2 is 1.61 bits per heavy atom. The van der Waals surface area contributed by atoms with Crippen molar-refractivity contribution in [3.05, 3.63) is 47.5 Å². The number of benzene rings is 2. The van der Waals surface area contributed by atoms with Gasteiger partial charge in [0, 0.05) is 29.6 Å². The van der Waals surface area contributed by atoms with Gasteiger partial charge in [-0.25, -0.2) is 0 Å². The van der Waals surface area contributed by atoms with Gasteiger partial charge in [-0.15, -0.1) is 12.4 Å². The fourth-order valence-corrected chi connectivity index (χ4v) is 6.75. The molecule has 0 aromatic heterocycles. The molecule has 4 unspecified atom stereocenters. The normalized spacial score (nSPS) is 25.6. The van der Waals surface area contributed by atoms with Crippen molar-refractivity contribution in [1.29, 1.82) is 0 Å². The predicted octanol–water partition coefficient (Wildman–Crippen LogP) is 5.41. The molecule has 2 fully saturated rings. The molecule has 4 atom stereocenters. The van der Waals surface area contributed by atoms with E-state index in [9.17, 15) is 14.7 Å². The maximum atomic E-state index is 13.2. The molecule has 1 saturated carbocycles. The van der Waals surface area contributed by atoms with E-state index in [1.165, 1.54) is 17.7 Å². The van der Waals surface area contributed by atoms with Crippen molar-refractivity contribution in [2.75, 3.05) is 32.8 Å². The first-order valence-electron chi connectivity index (χ1n) is 14.2. The minimum atomic E-state index is -0.496. The molecule has 1 aliphatic carbocycles. The van der Waals surface area contributed by atoms with Crippen molar-refractivity contribution >= 4 is 35.0 Å². The van der Waals surface area contributed by atoms with Crippen LogP contribution in [0.1, 0.15) is 73.6 Å². The number of hydrogen-bond donors (Lipinski definition) is 1. The van der Waals surface area contributed by atoms with E-state index in [1.54, 1.807) is 0 Å². The van der Waals surface area contributed by atoms with Crippen LogP contribution in [0.3, 0.4) is 0 Å². The molecule has 3 aliphatic rings. The number of halogens is 1. The number of β-amino-alcohol motifs (C(OH)–C–C–N with tert-alkyl or cyclic N) is 1. The Bertz CT molecular complexity index is 1080. The van der Waals surface area contributed by atoms with Crippen LogP contribution in [-0.4, -0.2) is 71.7 Å². The van der Waals surface area contributed by atoms with Gasteiger partial charge in [-0.2, -0.15) is 0 Å². The topological polar surface area (TPSA) is 70.1 Å². The molecule has 5 rings (SSSR count). The van der Waals surface area contributed by atoms with Crippen LogP contribution in [0, 0.1) is 23.7 Å². The molecule has 1 N–H and O–H groups in total. The van der Waals surface area contributed by atoms with Crippen LogP contribution in [0.15, 0.2) is 36.4 Å². The van der Waals surface area contributed by atoms with Gasteiger partial charge in [-0.05, 0) is 80.0 Å². The summed E-state index contributed by atoms with van der Waals surface area (Å²) in [4.78, 5) is 30.2. The first-order valence-corrected chi connectivity index (χ1v) is 14.2. The van der Waals surface area contributed by atoms with E-state index in [4.69, 9.17) is 4.74 Å². The summed E-state index contributed by atoms with van der Waals surface area (Å²) in [5.74, 6) is 1.79. The Labute approximate surface area is 233 Å². The molecular formula is C31H43ClN2O4. The van der Waals surface area contributed by atoms with Gasteiger partial charge < -0.3 is 14.7 Å². The van der Waals surface area contributed by atoms with Gasteiger partial charge in [0.1, 0.15) is 0 Å². The third kappa shape index (κ3) is 6.09. The van der Waals surface area contributed by atoms with E-state index in [0.29, 0.717) is 48.6 Å². The van der Waals surface area contributed by atoms with Crippen molar-refractivity contribution in [3.8, 4) is 0 Å². The summed E-state index contributed by atoms with van der Waals surface area (Å²) < 4.78 is 6.27. The number of hydrogen-bond acceptors (Lipinski definition) is 5. The van der Waals surface area contributed by atoms with Crippen molar-refractivity contribution in [2.45, 2.75) is 65.1 Å². The third-order valence-corrected chi connectivity index (χ3v) is 8.94. The second kappa shape index (κ2) is 12.5. The molecule has 2 heterocycles. The van der Waals surface area contributed by atoms with Crippen molar-refractivity contribution in [2.24, 2.45) is 23.7 Å². The van der Waals surface area contributed by atoms with Crippen LogP contribution in [0.5, 0.6) is 0 Å². The largest absolute Gasteiger partial charge is 0.389 e. The number of aliphatic hydroxyl groups is 1. The molecule has 7 heteroatoms. The van der Waals surface area contributed by atoms with Crippen LogP contribution in [0.25, 0.3) is 10.8 Å². The van der Waals surface area contributed by atoms with Gasteiger partial charge in [0.05, 0.1) is 18.8 Å². The molecule has 0 spiro atoms. The average molecular weight is 543 g/mol. The Balaban J connectivity index is 0.00000336. The maximum absolute atomic E-state index is 13.2. The SMILES string of the molecule is CC1CCC(C(C)C)C(OCC(O)CN2CCC(CN3C(=O)c4cccc5cccc(c45)C3=O)CC2)C1.Cl. The predicted molar refractivity (Wildman–Crippen MR) is 153 cm³/mol. The number of nitrogens with zero attached hydrogens (tertiary/aromatic N) is 2. The van der Waals surface area contributed by atoms with Gasteiger partial charge >= 0.3 is 0 Å². The second-order valence-corrected chi connectivity index (χ2v) is 12.0. The fourth-order valence-electron chi connectivity index (χ4n) is 6.75. The fraction of sp³-hybridized carbons (Fsp3) is 0.613. The number of carbonyl (C=O) groups is 2. The molecule has 2 aromatic carbocycles. The highest BCUT2D eigenvalue weighted by molar-refractivity contribution is 6.25. The van der Waals surface area contributed by atoms with Gasteiger partial charge in [0.25, 0.3) is 11.8 Å². The Morgan fingerprint density at radius 1 is 0.974 bits per heavy atom. The van der Waals surface area contributed by atoms with Crippen LogP contribution in [-0.2, 0) is 4.74 Å². The molecule has 0 bridgehead atoms. The first-order chi connectivity index (χ1) is 17.8. The molecule has 2 amide bonds. The monoisotopic (exact) mass is 542 g/mol. The number of amides is 2. The highest BCUT2D eigenvalue weighted by atomic mass is 35.5. The number of carbonyl (C=O) groups excluding carboxylic acids is 2. The molecule has 208 valence electrons. The van der Waals surface area contributed by atoms with E-state index in [2.05, 4.69) is 25.7 Å². The zero-order chi connectivity index (χ0) is 26.1. The summed E-state index contributed by atoms with van der Waals surface area (Å²) in [5, 5.41) is 12.4. The molecule has 0 radical (unpaired) electrons. The molecule has 1 saturated heterocycles. The van der Waals surface area contributed by atoms with Crippen LogP contribution >= 0.6 is 12.4 Å². The van der Waals surface area contributed by atoms with Crippen molar-refractivity contribution in [1.82, 2.24) is 9.80 Å². The van der Waals surface area contributed by atoms with E-state index < -0.39 is 6.10 Å². The second-order valence-electron chi connectivity index (χ2n) is 12.0.